The first-order valence-corrected chi connectivity index (χ1v) is 7.13. The molecule has 1 aliphatic rings. The van der Waals surface area contributed by atoms with Gasteiger partial charge in [0.25, 0.3) is 11.5 Å². The van der Waals surface area contributed by atoms with Gasteiger partial charge in [0.1, 0.15) is 5.69 Å². The van der Waals surface area contributed by atoms with E-state index in [0.29, 0.717) is 5.56 Å². The minimum atomic E-state index is -0.309. The summed E-state index contributed by atoms with van der Waals surface area (Å²) in [6, 6.07) is 1.46. The molecule has 0 aliphatic heterocycles. The summed E-state index contributed by atoms with van der Waals surface area (Å²) in [5, 5.41) is 2.68. The molecule has 1 saturated carbocycles. The Morgan fingerprint density at radius 1 is 1.29 bits per heavy atom. The molecular formula is C15H21N3O3. The number of carbonyl (C=O) groups is 2. The van der Waals surface area contributed by atoms with Gasteiger partial charge in [0.15, 0.2) is 0 Å². The van der Waals surface area contributed by atoms with Crippen LogP contribution in [0.1, 0.15) is 36.0 Å². The van der Waals surface area contributed by atoms with E-state index in [-0.39, 0.29) is 29.0 Å². The SMILES string of the molecule is CN(C)C(=O)c1cc(NC(=O)C2CCCC2)c(=O)n(C)c1. The zero-order valence-corrected chi connectivity index (χ0v) is 12.7. The summed E-state index contributed by atoms with van der Waals surface area (Å²) in [7, 11) is 4.86. The van der Waals surface area contributed by atoms with Crippen molar-refractivity contribution in [1.29, 1.82) is 0 Å². The summed E-state index contributed by atoms with van der Waals surface area (Å²) >= 11 is 0. The molecule has 0 spiro atoms. The monoisotopic (exact) mass is 291 g/mol. The maximum absolute atomic E-state index is 12.1. The van der Waals surface area contributed by atoms with Crippen molar-refractivity contribution < 1.29 is 9.59 Å². The molecule has 2 amide bonds. The smallest absolute Gasteiger partial charge is 0.274 e. The van der Waals surface area contributed by atoms with Crippen molar-refractivity contribution in [2.75, 3.05) is 19.4 Å². The van der Waals surface area contributed by atoms with Crippen LogP contribution in [0.15, 0.2) is 17.1 Å². The minimum absolute atomic E-state index is 0.0251. The summed E-state index contributed by atoms with van der Waals surface area (Å²) < 4.78 is 1.32. The molecule has 0 aromatic carbocycles. The van der Waals surface area contributed by atoms with Gasteiger partial charge in [0.05, 0.1) is 5.56 Å². The molecule has 21 heavy (non-hydrogen) atoms. The van der Waals surface area contributed by atoms with Crippen LogP contribution in [0.4, 0.5) is 5.69 Å². The lowest BCUT2D eigenvalue weighted by Crippen LogP contribution is -2.30. The highest BCUT2D eigenvalue weighted by Gasteiger charge is 2.24. The summed E-state index contributed by atoms with van der Waals surface area (Å²) in [6.45, 7) is 0. The summed E-state index contributed by atoms with van der Waals surface area (Å²) in [5.41, 5.74) is 0.238. The lowest BCUT2D eigenvalue weighted by Gasteiger charge is -2.14. The quantitative estimate of drug-likeness (QED) is 0.910. The van der Waals surface area contributed by atoms with Gasteiger partial charge in [-0.3, -0.25) is 14.4 Å². The third-order valence-electron chi connectivity index (χ3n) is 3.82. The van der Waals surface area contributed by atoms with E-state index >= 15 is 0 Å². The van der Waals surface area contributed by atoms with Crippen LogP contribution in [0.2, 0.25) is 0 Å². The van der Waals surface area contributed by atoms with Gasteiger partial charge in [0, 0.05) is 33.3 Å². The third-order valence-corrected chi connectivity index (χ3v) is 3.82. The van der Waals surface area contributed by atoms with Gasteiger partial charge in [-0.15, -0.1) is 0 Å². The van der Waals surface area contributed by atoms with E-state index in [1.54, 1.807) is 21.1 Å². The van der Waals surface area contributed by atoms with Gasteiger partial charge in [0.2, 0.25) is 5.91 Å². The largest absolute Gasteiger partial charge is 0.345 e. The second kappa shape index (κ2) is 6.11. The predicted octanol–water partition coefficient (Wildman–Crippen LogP) is 1.22. The highest BCUT2D eigenvalue weighted by atomic mass is 16.2. The summed E-state index contributed by atoms with van der Waals surface area (Å²) in [6.07, 6.45) is 5.31. The number of hydrogen-bond donors (Lipinski definition) is 1. The number of rotatable bonds is 3. The zero-order valence-electron chi connectivity index (χ0n) is 12.7. The van der Waals surface area contributed by atoms with E-state index in [2.05, 4.69) is 5.32 Å². The van der Waals surface area contributed by atoms with Crippen molar-refractivity contribution in [1.82, 2.24) is 9.47 Å². The first-order valence-electron chi connectivity index (χ1n) is 7.13. The highest BCUT2D eigenvalue weighted by molar-refractivity contribution is 5.97. The second-order valence-corrected chi connectivity index (χ2v) is 5.73. The molecule has 0 atom stereocenters. The Hall–Kier alpha value is -2.11. The van der Waals surface area contributed by atoms with Gasteiger partial charge < -0.3 is 14.8 Å². The number of pyridine rings is 1. The lowest BCUT2D eigenvalue weighted by atomic mass is 10.1. The van der Waals surface area contributed by atoms with E-state index in [9.17, 15) is 14.4 Å². The zero-order chi connectivity index (χ0) is 15.6. The molecule has 6 nitrogen and oxygen atoms in total. The Morgan fingerprint density at radius 3 is 2.48 bits per heavy atom. The molecule has 0 bridgehead atoms. The number of nitrogens with zero attached hydrogens (tertiary/aromatic N) is 2. The van der Waals surface area contributed by atoms with Crippen LogP contribution in [0, 0.1) is 5.92 Å². The number of carbonyl (C=O) groups excluding carboxylic acids is 2. The molecule has 0 unspecified atom stereocenters. The summed E-state index contributed by atoms with van der Waals surface area (Å²) in [4.78, 5) is 37.7. The van der Waals surface area contributed by atoms with E-state index in [4.69, 9.17) is 0 Å². The maximum Gasteiger partial charge on any atom is 0.274 e. The molecule has 1 N–H and O–H groups in total. The van der Waals surface area contributed by atoms with Crippen molar-refractivity contribution in [2.45, 2.75) is 25.7 Å². The molecule has 0 saturated heterocycles. The van der Waals surface area contributed by atoms with Crippen LogP contribution >= 0.6 is 0 Å². The van der Waals surface area contributed by atoms with Gasteiger partial charge in [-0.05, 0) is 18.9 Å². The molecule has 114 valence electrons. The molecular weight excluding hydrogens is 270 g/mol. The average Bonchev–Trinajstić information content (AvgIpc) is 2.96. The number of hydrogen-bond acceptors (Lipinski definition) is 3. The Kier molecular flexibility index (Phi) is 4.45. The molecule has 0 radical (unpaired) electrons. The molecule has 1 heterocycles. The topological polar surface area (TPSA) is 71.4 Å². The van der Waals surface area contributed by atoms with Crippen LogP contribution in [0.3, 0.4) is 0 Å². The molecule has 1 aliphatic carbocycles. The predicted molar refractivity (Wildman–Crippen MR) is 80.3 cm³/mol. The average molecular weight is 291 g/mol. The fraction of sp³-hybridized carbons (Fsp3) is 0.533. The Bertz CT molecular complexity index is 613. The maximum atomic E-state index is 12.1. The van der Waals surface area contributed by atoms with Crippen molar-refractivity contribution in [3.63, 3.8) is 0 Å². The molecule has 1 aromatic heterocycles. The van der Waals surface area contributed by atoms with Crippen LogP contribution in [0.5, 0.6) is 0 Å². The Balaban J connectivity index is 2.27. The highest BCUT2D eigenvalue weighted by Crippen LogP contribution is 2.25. The fourth-order valence-corrected chi connectivity index (χ4v) is 2.60. The number of anilines is 1. The van der Waals surface area contributed by atoms with E-state index in [1.807, 2.05) is 0 Å². The Labute approximate surface area is 123 Å². The molecule has 6 heteroatoms. The van der Waals surface area contributed by atoms with Gasteiger partial charge in [-0.25, -0.2) is 0 Å². The first kappa shape index (κ1) is 15.3. The molecule has 1 aromatic rings. The number of aromatic nitrogens is 1. The van der Waals surface area contributed by atoms with Crippen molar-refractivity contribution in [3.05, 3.63) is 28.2 Å². The van der Waals surface area contributed by atoms with Crippen LogP contribution in [0.25, 0.3) is 0 Å². The minimum Gasteiger partial charge on any atom is -0.345 e. The van der Waals surface area contributed by atoms with Crippen molar-refractivity contribution >= 4 is 17.5 Å². The number of nitrogens with one attached hydrogen (secondary N) is 1. The normalized spacial score (nSPS) is 15.0. The fourth-order valence-electron chi connectivity index (χ4n) is 2.60. The van der Waals surface area contributed by atoms with E-state index < -0.39 is 0 Å². The molecule has 2 rings (SSSR count). The first-order chi connectivity index (χ1) is 9.90. The molecule has 1 fully saturated rings. The Morgan fingerprint density at radius 2 is 1.90 bits per heavy atom. The standard InChI is InChI=1S/C15H21N3O3/c1-17(2)14(20)11-8-12(15(21)18(3)9-11)16-13(19)10-6-4-5-7-10/h8-10H,4-7H2,1-3H3,(H,16,19). The van der Waals surface area contributed by atoms with Crippen LogP contribution < -0.4 is 10.9 Å². The van der Waals surface area contributed by atoms with Crippen LogP contribution in [-0.4, -0.2) is 35.4 Å². The summed E-state index contributed by atoms with van der Waals surface area (Å²) in [5.74, 6) is -0.357. The van der Waals surface area contributed by atoms with Gasteiger partial charge in [-0.1, -0.05) is 12.8 Å². The van der Waals surface area contributed by atoms with E-state index in [0.717, 1.165) is 25.7 Å². The van der Waals surface area contributed by atoms with Crippen molar-refractivity contribution in [2.24, 2.45) is 13.0 Å². The second-order valence-electron chi connectivity index (χ2n) is 5.73. The third kappa shape index (κ3) is 3.32. The number of amides is 2. The van der Waals surface area contributed by atoms with Crippen LogP contribution in [-0.2, 0) is 11.8 Å². The number of aryl methyl sites for hydroxylation is 1. The lowest BCUT2D eigenvalue weighted by molar-refractivity contribution is -0.119. The van der Waals surface area contributed by atoms with Crippen molar-refractivity contribution in [3.8, 4) is 0 Å². The van der Waals surface area contributed by atoms with Gasteiger partial charge >= 0.3 is 0 Å². The van der Waals surface area contributed by atoms with E-state index in [1.165, 1.54) is 21.7 Å². The van der Waals surface area contributed by atoms with Gasteiger partial charge in [-0.2, -0.15) is 0 Å².